The number of aromatic amines is 1. The average Bonchev–Trinajstić information content (AvgIpc) is 2.97. The second-order valence-corrected chi connectivity index (χ2v) is 4.67. The molecule has 1 aromatic carbocycles. The van der Waals surface area contributed by atoms with Crippen LogP contribution in [0.3, 0.4) is 0 Å². The molecule has 1 N–H and O–H groups in total. The SMILES string of the molecule is CC.O=Cc1[nH]cc2c1CCN(Cc1ccccc1)C2=O. The van der Waals surface area contributed by atoms with E-state index in [9.17, 15) is 9.59 Å². The Labute approximate surface area is 124 Å². The van der Waals surface area contributed by atoms with Crippen LogP contribution >= 0.6 is 0 Å². The Balaban J connectivity index is 0.000000774. The highest BCUT2D eigenvalue weighted by Gasteiger charge is 2.27. The number of hydrogen-bond donors (Lipinski definition) is 1. The first-order chi connectivity index (χ1) is 10.3. The molecule has 4 heteroatoms. The second-order valence-electron chi connectivity index (χ2n) is 4.67. The van der Waals surface area contributed by atoms with Crippen LogP contribution < -0.4 is 0 Å². The Bertz CT molecular complexity index is 617. The molecule has 1 aromatic heterocycles. The fourth-order valence-electron chi connectivity index (χ4n) is 2.51. The third-order valence-corrected chi connectivity index (χ3v) is 3.51. The Morgan fingerprint density at radius 3 is 2.62 bits per heavy atom. The van der Waals surface area contributed by atoms with E-state index in [4.69, 9.17) is 0 Å². The zero-order chi connectivity index (χ0) is 15.2. The minimum absolute atomic E-state index is 0.00514. The second kappa shape index (κ2) is 6.88. The molecule has 4 nitrogen and oxygen atoms in total. The van der Waals surface area contributed by atoms with Gasteiger partial charge in [0, 0.05) is 19.3 Å². The lowest BCUT2D eigenvalue weighted by Gasteiger charge is -2.27. The summed E-state index contributed by atoms with van der Waals surface area (Å²) in [4.78, 5) is 27.9. The first-order valence-corrected chi connectivity index (χ1v) is 7.28. The number of benzene rings is 1. The highest BCUT2D eigenvalue weighted by atomic mass is 16.2. The van der Waals surface area contributed by atoms with E-state index in [-0.39, 0.29) is 5.91 Å². The van der Waals surface area contributed by atoms with Crippen molar-refractivity contribution in [1.29, 1.82) is 0 Å². The Morgan fingerprint density at radius 2 is 1.95 bits per heavy atom. The molecule has 110 valence electrons. The van der Waals surface area contributed by atoms with Crippen LogP contribution in [0.15, 0.2) is 36.5 Å². The summed E-state index contributed by atoms with van der Waals surface area (Å²) in [6.45, 7) is 5.26. The van der Waals surface area contributed by atoms with Crippen molar-refractivity contribution in [3.8, 4) is 0 Å². The van der Waals surface area contributed by atoms with Crippen molar-refractivity contribution in [2.24, 2.45) is 0 Å². The minimum atomic E-state index is -0.00514. The van der Waals surface area contributed by atoms with Gasteiger partial charge in [-0.15, -0.1) is 0 Å². The fraction of sp³-hybridized carbons (Fsp3) is 0.294. The number of H-pyrrole nitrogens is 1. The van der Waals surface area contributed by atoms with E-state index in [1.807, 2.05) is 49.1 Å². The summed E-state index contributed by atoms with van der Waals surface area (Å²) in [6.07, 6.45) is 3.14. The summed E-state index contributed by atoms with van der Waals surface area (Å²) >= 11 is 0. The number of amides is 1. The van der Waals surface area contributed by atoms with E-state index in [1.54, 1.807) is 6.20 Å². The van der Waals surface area contributed by atoms with Crippen LogP contribution in [0, 0.1) is 0 Å². The van der Waals surface area contributed by atoms with Gasteiger partial charge in [0.25, 0.3) is 5.91 Å². The minimum Gasteiger partial charge on any atom is -0.358 e. The van der Waals surface area contributed by atoms with Crippen molar-refractivity contribution in [2.75, 3.05) is 6.54 Å². The quantitative estimate of drug-likeness (QED) is 0.881. The fourth-order valence-corrected chi connectivity index (χ4v) is 2.51. The van der Waals surface area contributed by atoms with Crippen molar-refractivity contribution < 1.29 is 9.59 Å². The van der Waals surface area contributed by atoms with Gasteiger partial charge in [0.2, 0.25) is 0 Å². The van der Waals surface area contributed by atoms with Crippen molar-refractivity contribution in [3.63, 3.8) is 0 Å². The number of fused-ring (bicyclic) bond motifs is 1. The molecule has 1 aliphatic rings. The molecule has 1 aliphatic heterocycles. The molecular weight excluding hydrogens is 264 g/mol. The largest absolute Gasteiger partial charge is 0.358 e. The molecule has 0 spiro atoms. The van der Waals surface area contributed by atoms with E-state index >= 15 is 0 Å². The van der Waals surface area contributed by atoms with Crippen LogP contribution in [0.2, 0.25) is 0 Å². The summed E-state index contributed by atoms with van der Waals surface area (Å²) < 4.78 is 0. The van der Waals surface area contributed by atoms with E-state index in [0.29, 0.717) is 24.3 Å². The van der Waals surface area contributed by atoms with Gasteiger partial charge in [0.05, 0.1) is 11.3 Å². The van der Waals surface area contributed by atoms with Gasteiger partial charge < -0.3 is 9.88 Å². The molecule has 1 amide bonds. The van der Waals surface area contributed by atoms with Crippen molar-refractivity contribution in [2.45, 2.75) is 26.8 Å². The summed E-state index contributed by atoms with van der Waals surface area (Å²) in [5.41, 5.74) is 3.13. The van der Waals surface area contributed by atoms with E-state index in [0.717, 1.165) is 23.8 Å². The number of hydrogen-bond acceptors (Lipinski definition) is 2. The molecule has 0 radical (unpaired) electrons. The maximum Gasteiger partial charge on any atom is 0.256 e. The number of nitrogens with zero attached hydrogens (tertiary/aromatic N) is 1. The molecule has 2 aromatic rings. The normalized spacial score (nSPS) is 13.2. The lowest BCUT2D eigenvalue weighted by molar-refractivity contribution is 0.0728. The van der Waals surface area contributed by atoms with Gasteiger partial charge in [-0.3, -0.25) is 9.59 Å². The molecule has 3 rings (SSSR count). The predicted octanol–water partition coefficient (Wildman–Crippen LogP) is 3.05. The van der Waals surface area contributed by atoms with Crippen LogP contribution in [-0.4, -0.2) is 28.6 Å². The molecule has 0 bridgehead atoms. The molecule has 0 fully saturated rings. The molecule has 0 aliphatic carbocycles. The van der Waals surface area contributed by atoms with Gasteiger partial charge in [-0.2, -0.15) is 0 Å². The van der Waals surface area contributed by atoms with Crippen LogP contribution in [0.5, 0.6) is 0 Å². The number of carbonyl (C=O) groups is 2. The number of aldehydes is 1. The maximum absolute atomic E-state index is 12.3. The Morgan fingerprint density at radius 1 is 1.24 bits per heavy atom. The van der Waals surface area contributed by atoms with Gasteiger partial charge in [-0.25, -0.2) is 0 Å². The first kappa shape index (κ1) is 15.0. The highest BCUT2D eigenvalue weighted by molar-refractivity contribution is 5.98. The monoisotopic (exact) mass is 284 g/mol. The summed E-state index contributed by atoms with van der Waals surface area (Å²) in [5, 5.41) is 0. The zero-order valence-corrected chi connectivity index (χ0v) is 12.4. The number of aromatic nitrogens is 1. The molecule has 0 saturated heterocycles. The van der Waals surface area contributed by atoms with E-state index in [2.05, 4.69) is 4.98 Å². The molecule has 0 atom stereocenters. The van der Waals surface area contributed by atoms with Crippen LogP contribution in [0.4, 0.5) is 0 Å². The predicted molar refractivity (Wildman–Crippen MR) is 82.4 cm³/mol. The van der Waals surface area contributed by atoms with E-state index < -0.39 is 0 Å². The topological polar surface area (TPSA) is 53.2 Å². The summed E-state index contributed by atoms with van der Waals surface area (Å²) in [5.74, 6) is -0.00514. The number of rotatable bonds is 3. The van der Waals surface area contributed by atoms with E-state index in [1.165, 1.54) is 0 Å². The van der Waals surface area contributed by atoms with Gasteiger partial charge in [-0.1, -0.05) is 44.2 Å². The van der Waals surface area contributed by atoms with Gasteiger partial charge in [-0.05, 0) is 17.5 Å². The van der Waals surface area contributed by atoms with Gasteiger partial charge in [0.1, 0.15) is 0 Å². The van der Waals surface area contributed by atoms with Crippen LogP contribution in [0.1, 0.15) is 45.8 Å². The van der Waals surface area contributed by atoms with Gasteiger partial charge >= 0.3 is 0 Å². The highest BCUT2D eigenvalue weighted by Crippen LogP contribution is 2.22. The smallest absolute Gasteiger partial charge is 0.256 e. The zero-order valence-electron chi connectivity index (χ0n) is 12.4. The Kier molecular flexibility index (Phi) is 4.93. The maximum atomic E-state index is 12.3. The summed E-state index contributed by atoms with van der Waals surface area (Å²) in [6, 6.07) is 9.92. The van der Waals surface area contributed by atoms with Crippen molar-refractivity contribution in [3.05, 3.63) is 58.9 Å². The van der Waals surface area contributed by atoms with Crippen molar-refractivity contribution in [1.82, 2.24) is 9.88 Å². The molecular formula is C17H20N2O2. The molecule has 2 heterocycles. The third kappa shape index (κ3) is 3.05. The number of carbonyl (C=O) groups excluding carboxylic acids is 2. The lowest BCUT2D eigenvalue weighted by atomic mass is 10.0. The first-order valence-electron chi connectivity index (χ1n) is 7.28. The number of nitrogens with one attached hydrogen (secondary N) is 1. The average molecular weight is 284 g/mol. The molecule has 21 heavy (non-hydrogen) atoms. The third-order valence-electron chi connectivity index (χ3n) is 3.51. The lowest BCUT2D eigenvalue weighted by Crippen LogP contribution is -2.36. The summed E-state index contributed by atoms with van der Waals surface area (Å²) in [7, 11) is 0. The molecule has 0 saturated carbocycles. The van der Waals surface area contributed by atoms with Gasteiger partial charge in [0.15, 0.2) is 6.29 Å². The van der Waals surface area contributed by atoms with Crippen LogP contribution in [-0.2, 0) is 13.0 Å². The molecule has 0 unspecified atom stereocenters. The standard InChI is InChI=1S/C15H14N2O2.C2H6/c18-10-14-12-6-7-17(15(19)13(12)8-16-14)9-11-4-2-1-3-5-11;1-2/h1-5,8,10,16H,6-7,9H2;1-2H3. The Hall–Kier alpha value is -2.36. The van der Waals surface area contributed by atoms with Crippen molar-refractivity contribution >= 4 is 12.2 Å². The van der Waals surface area contributed by atoms with Crippen LogP contribution in [0.25, 0.3) is 0 Å².